The van der Waals surface area contributed by atoms with Gasteiger partial charge in [-0.15, -0.1) is 0 Å². The van der Waals surface area contributed by atoms with E-state index < -0.39 is 17.8 Å². The number of rotatable bonds is 5. The summed E-state index contributed by atoms with van der Waals surface area (Å²) in [6.45, 7) is 2.21. The summed E-state index contributed by atoms with van der Waals surface area (Å²) >= 11 is 3.41. The largest absolute Gasteiger partial charge is 0.481 e. The number of hydrogen-bond donors (Lipinski definition) is 3. The van der Waals surface area contributed by atoms with Crippen molar-refractivity contribution in [2.24, 2.45) is 40.9 Å². The van der Waals surface area contributed by atoms with Crippen LogP contribution < -0.4 is 10.6 Å². The van der Waals surface area contributed by atoms with E-state index in [9.17, 15) is 14.7 Å². The van der Waals surface area contributed by atoms with Crippen LogP contribution in [0, 0.1) is 40.9 Å². The molecule has 2 bridgehead atoms. The quantitative estimate of drug-likeness (QED) is 0.616. The molecule has 1 saturated heterocycles. The van der Waals surface area contributed by atoms with Crippen LogP contribution in [0.25, 0.3) is 0 Å². The highest BCUT2D eigenvalue weighted by atomic mass is 79.9. The molecule has 4 aliphatic rings. The third-order valence-corrected chi connectivity index (χ3v) is 8.93. The Balaban J connectivity index is 1.35. The van der Waals surface area contributed by atoms with Crippen molar-refractivity contribution in [1.82, 2.24) is 5.32 Å². The highest BCUT2D eigenvalue weighted by molar-refractivity contribution is 9.10. The molecule has 0 aromatic heterocycles. The zero-order chi connectivity index (χ0) is 20.2. The van der Waals surface area contributed by atoms with Crippen LogP contribution in [-0.2, 0) is 9.59 Å². The summed E-state index contributed by atoms with van der Waals surface area (Å²) in [6.07, 6.45) is 6.82. The van der Waals surface area contributed by atoms with Gasteiger partial charge in [0.05, 0.1) is 11.8 Å². The minimum atomic E-state index is -0.778. The SMILES string of the molecule is O=C(O)[C@H]1[C@H](C(=O)Nc2ccc(Br)cc2)[C@@H]2CC[C@H]1C21CC1CC1CCNCC1. The van der Waals surface area contributed by atoms with Crippen molar-refractivity contribution < 1.29 is 14.7 Å². The van der Waals surface area contributed by atoms with Gasteiger partial charge in [-0.1, -0.05) is 15.9 Å². The minimum absolute atomic E-state index is 0.0983. The Morgan fingerprint density at radius 1 is 1.07 bits per heavy atom. The van der Waals surface area contributed by atoms with Gasteiger partial charge in [0.15, 0.2) is 0 Å². The first-order chi connectivity index (χ1) is 14.0. The summed E-state index contributed by atoms with van der Waals surface area (Å²) in [4.78, 5) is 25.4. The number of benzene rings is 1. The third kappa shape index (κ3) is 3.23. The number of carbonyl (C=O) groups is 2. The van der Waals surface area contributed by atoms with Crippen LogP contribution in [0.15, 0.2) is 28.7 Å². The number of halogens is 1. The van der Waals surface area contributed by atoms with Crippen molar-refractivity contribution in [1.29, 1.82) is 0 Å². The van der Waals surface area contributed by atoms with Crippen LogP contribution in [0.5, 0.6) is 0 Å². The van der Waals surface area contributed by atoms with E-state index in [1.807, 2.05) is 24.3 Å². The number of piperidine rings is 1. The molecule has 1 spiro atoms. The molecule has 3 aliphatic carbocycles. The number of hydrogen-bond acceptors (Lipinski definition) is 3. The summed E-state index contributed by atoms with van der Waals surface area (Å²) in [6, 6.07) is 7.50. The molecule has 1 amide bonds. The van der Waals surface area contributed by atoms with E-state index in [2.05, 4.69) is 26.6 Å². The number of carboxylic acids is 1. The van der Waals surface area contributed by atoms with Gasteiger partial charge in [0.25, 0.3) is 0 Å². The van der Waals surface area contributed by atoms with Crippen LogP contribution in [-0.4, -0.2) is 30.1 Å². The molecular weight excluding hydrogens is 432 g/mol. The maximum absolute atomic E-state index is 13.2. The minimum Gasteiger partial charge on any atom is -0.481 e. The summed E-state index contributed by atoms with van der Waals surface area (Å²) in [5, 5.41) is 16.5. The molecule has 3 N–H and O–H groups in total. The van der Waals surface area contributed by atoms with E-state index in [-0.39, 0.29) is 23.2 Å². The first-order valence-corrected chi connectivity index (χ1v) is 11.8. The van der Waals surface area contributed by atoms with Crippen molar-refractivity contribution in [3.05, 3.63) is 28.7 Å². The van der Waals surface area contributed by atoms with Gasteiger partial charge in [-0.3, -0.25) is 9.59 Å². The smallest absolute Gasteiger partial charge is 0.307 e. The zero-order valence-electron chi connectivity index (χ0n) is 16.6. The zero-order valence-corrected chi connectivity index (χ0v) is 18.2. The first kappa shape index (κ1) is 19.6. The van der Waals surface area contributed by atoms with Gasteiger partial charge in [0.2, 0.25) is 5.91 Å². The van der Waals surface area contributed by atoms with Gasteiger partial charge >= 0.3 is 5.97 Å². The summed E-state index contributed by atoms with van der Waals surface area (Å²) < 4.78 is 0.955. The molecule has 1 heterocycles. The Kier molecular flexibility index (Phi) is 4.98. The van der Waals surface area contributed by atoms with Crippen molar-refractivity contribution in [2.75, 3.05) is 18.4 Å². The first-order valence-electron chi connectivity index (χ1n) is 11.0. The number of carbonyl (C=O) groups excluding carboxylic acids is 1. The highest BCUT2D eigenvalue weighted by Gasteiger charge is 2.75. The van der Waals surface area contributed by atoms with E-state index in [0.29, 0.717) is 5.92 Å². The third-order valence-electron chi connectivity index (χ3n) is 8.40. The van der Waals surface area contributed by atoms with Crippen molar-refractivity contribution in [3.8, 4) is 0 Å². The van der Waals surface area contributed by atoms with Gasteiger partial charge < -0.3 is 15.7 Å². The molecule has 6 atom stereocenters. The number of anilines is 1. The summed E-state index contributed by atoms with van der Waals surface area (Å²) in [7, 11) is 0. The van der Waals surface area contributed by atoms with Crippen LogP contribution in [0.3, 0.4) is 0 Å². The van der Waals surface area contributed by atoms with Gasteiger partial charge in [-0.05, 0) is 105 Å². The molecule has 0 radical (unpaired) electrons. The normalized spacial score (nSPS) is 38.3. The van der Waals surface area contributed by atoms with E-state index in [1.54, 1.807) is 0 Å². The molecule has 5 nitrogen and oxygen atoms in total. The molecule has 3 saturated carbocycles. The van der Waals surface area contributed by atoms with E-state index in [4.69, 9.17) is 0 Å². The monoisotopic (exact) mass is 460 g/mol. The van der Waals surface area contributed by atoms with E-state index >= 15 is 0 Å². The summed E-state index contributed by atoms with van der Waals surface area (Å²) in [5.74, 6) is -0.00322. The lowest BCUT2D eigenvalue weighted by Gasteiger charge is -2.27. The molecule has 1 aromatic rings. The predicted molar refractivity (Wildman–Crippen MR) is 114 cm³/mol. The lowest BCUT2D eigenvalue weighted by atomic mass is 9.78. The van der Waals surface area contributed by atoms with Gasteiger partial charge in [0, 0.05) is 10.2 Å². The molecule has 1 aliphatic heterocycles. The number of aliphatic carboxylic acids is 1. The molecule has 6 heteroatoms. The van der Waals surface area contributed by atoms with Crippen molar-refractivity contribution in [3.63, 3.8) is 0 Å². The Bertz CT molecular complexity index is 807. The molecule has 29 heavy (non-hydrogen) atoms. The van der Waals surface area contributed by atoms with E-state index in [1.165, 1.54) is 19.3 Å². The van der Waals surface area contributed by atoms with Crippen molar-refractivity contribution in [2.45, 2.75) is 38.5 Å². The van der Waals surface area contributed by atoms with Gasteiger partial charge in [-0.2, -0.15) is 0 Å². The average molecular weight is 461 g/mol. The van der Waals surface area contributed by atoms with E-state index in [0.717, 1.165) is 48.4 Å². The standard InChI is InChI=1S/C23H29BrN2O3/c24-15-1-3-16(4-2-15)26-21(27)19-17-5-6-18(20(19)22(28)29)23(17)12-14(23)11-13-7-9-25-10-8-13/h1-4,13-14,17-20,25H,5-12H2,(H,26,27)(H,28,29)/t14?,17-,18+,19+,20+,23?/m0/s1. The molecule has 5 rings (SSSR count). The van der Waals surface area contributed by atoms with Gasteiger partial charge in [0.1, 0.15) is 0 Å². The van der Waals surface area contributed by atoms with Crippen molar-refractivity contribution >= 4 is 33.5 Å². The maximum Gasteiger partial charge on any atom is 0.307 e. The summed E-state index contributed by atoms with van der Waals surface area (Å²) in [5.41, 5.74) is 0.858. The second kappa shape index (κ2) is 7.38. The van der Waals surface area contributed by atoms with Crippen LogP contribution in [0.1, 0.15) is 38.5 Å². The molecule has 4 fully saturated rings. The number of carboxylic acid groups (broad SMARTS) is 1. The Morgan fingerprint density at radius 2 is 1.72 bits per heavy atom. The van der Waals surface area contributed by atoms with Crippen LogP contribution in [0.4, 0.5) is 5.69 Å². The fourth-order valence-corrected chi connectivity index (χ4v) is 7.49. The van der Waals surface area contributed by atoms with Crippen LogP contribution >= 0.6 is 15.9 Å². The second-order valence-corrected chi connectivity index (χ2v) is 10.5. The lowest BCUT2D eigenvalue weighted by Crippen LogP contribution is -2.37. The maximum atomic E-state index is 13.2. The topological polar surface area (TPSA) is 78.4 Å². The number of nitrogens with one attached hydrogen (secondary N) is 2. The predicted octanol–water partition coefficient (Wildman–Crippen LogP) is 4.14. The van der Waals surface area contributed by atoms with Crippen LogP contribution in [0.2, 0.25) is 0 Å². The molecule has 2 unspecified atom stereocenters. The highest BCUT2D eigenvalue weighted by Crippen LogP contribution is 2.78. The average Bonchev–Trinajstić information content (AvgIpc) is 3.21. The fourth-order valence-electron chi connectivity index (χ4n) is 7.23. The Labute approximate surface area is 180 Å². The Hall–Kier alpha value is -1.40. The van der Waals surface area contributed by atoms with Gasteiger partial charge in [-0.25, -0.2) is 0 Å². The fraction of sp³-hybridized carbons (Fsp3) is 0.652. The Morgan fingerprint density at radius 3 is 2.38 bits per heavy atom. The molecule has 1 aromatic carbocycles. The second-order valence-electron chi connectivity index (χ2n) is 9.62. The lowest BCUT2D eigenvalue weighted by molar-refractivity contribution is -0.148. The number of amides is 1. The molecular formula is C23H29BrN2O3. The molecule has 156 valence electrons.